The minimum Gasteiger partial charge on any atom is -0.496 e. The predicted molar refractivity (Wildman–Crippen MR) is 70.0 cm³/mol. The maximum absolute atomic E-state index is 5.22. The van der Waals surface area contributed by atoms with Gasteiger partial charge in [0.1, 0.15) is 5.75 Å². The van der Waals surface area contributed by atoms with Crippen LogP contribution in [0.4, 0.5) is 0 Å². The third-order valence-electron chi connectivity index (χ3n) is 3.22. The zero-order chi connectivity index (χ0) is 11.4. The van der Waals surface area contributed by atoms with Crippen LogP contribution in [-0.2, 0) is 6.42 Å². The molecule has 0 amide bonds. The van der Waals surface area contributed by atoms with E-state index in [-0.39, 0.29) is 0 Å². The Morgan fingerprint density at radius 3 is 3.00 bits per heavy atom. The summed E-state index contributed by atoms with van der Waals surface area (Å²) in [5, 5.41) is 3.41. The van der Waals surface area contributed by atoms with Gasteiger partial charge in [0, 0.05) is 0 Å². The van der Waals surface area contributed by atoms with E-state index in [1.54, 1.807) is 7.11 Å². The largest absolute Gasteiger partial charge is 0.496 e. The van der Waals surface area contributed by atoms with E-state index in [1.807, 2.05) is 6.07 Å². The molecule has 1 fully saturated rings. The summed E-state index contributed by atoms with van der Waals surface area (Å²) in [4.78, 5) is 0. The molecular formula is C13H18BrNO. The zero-order valence-electron chi connectivity index (χ0n) is 9.63. The van der Waals surface area contributed by atoms with Gasteiger partial charge in [-0.05, 0) is 71.9 Å². The smallest absolute Gasteiger partial charge is 0.133 e. The number of nitrogens with one attached hydrogen (secondary N) is 1. The first-order valence-electron chi connectivity index (χ1n) is 5.82. The Hall–Kier alpha value is -0.540. The molecule has 1 aliphatic rings. The van der Waals surface area contributed by atoms with Crippen molar-refractivity contribution in [3.8, 4) is 5.75 Å². The molecule has 1 aromatic rings. The monoisotopic (exact) mass is 283 g/mol. The summed E-state index contributed by atoms with van der Waals surface area (Å²) in [5.41, 5.74) is 1.39. The fourth-order valence-electron chi connectivity index (χ4n) is 2.20. The Bertz CT molecular complexity index is 348. The summed E-state index contributed by atoms with van der Waals surface area (Å²) in [7, 11) is 1.70. The normalized spacial score (nSPS) is 20.0. The number of hydrogen-bond donors (Lipinski definition) is 1. The lowest BCUT2D eigenvalue weighted by molar-refractivity contribution is 0.412. The molecule has 16 heavy (non-hydrogen) atoms. The van der Waals surface area contributed by atoms with Crippen LogP contribution < -0.4 is 10.1 Å². The molecule has 0 aromatic heterocycles. The van der Waals surface area contributed by atoms with E-state index in [2.05, 4.69) is 33.4 Å². The van der Waals surface area contributed by atoms with Crippen molar-refractivity contribution in [2.45, 2.75) is 19.3 Å². The van der Waals surface area contributed by atoms with E-state index in [9.17, 15) is 0 Å². The number of rotatable bonds is 4. The fourth-order valence-corrected chi connectivity index (χ4v) is 2.79. The van der Waals surface area contributed by atoms with Gasteiger partial charge in [-0.1, -0.05) is 6.07 Å². The van der Waals surface area contributed by atoms with E-state index in [1.165, 1.54) is 31.5 Å². The van der Waals surface area contributed by atoms with E-state index >= 15 is 0 Å². The Kier molecular flexibility index (Phi) is 4.24. The van der Waals surface area contributed by atoms with Gasteiger partial charge in [-0.25, -0.2) is 0 Å². The van der Waals surface area contributed by atoms with Gasteiger partial charge in [0.15, 0.2) is 0 Å². The van der Waals surface area contributed by atoms with Gasteiger partial charge < -0.3 is 10.1 Å². The number of hydrogen-bond acceptors (Lipinski definition) is 2. The first kappa shape index (κ1) is 11.9. The highest BCUT2D eigenvalue weighted by Crippen LogP contribution is 2.26. The van der Waals surface area contributed by atoms with Crippen LogP contribution >= 0.6 is 15.9 Å². The minimum absolute atomic E-state index is 0.862. The quantitative estimate of drug-likeness (QED) is 0.917. The highest BCUT2D eigenvalue weighted by molar-refractivity contribution is 9.10. The molecule has 0 spiro atoms. The molecule has 0 aliphatic carbocycles. The van der Waals surface area contributed by atoms with Crippen LogP contribution in [0.5, 0.6) is 5.75 Å². The Morgan fingerprint density at radius 1 is 1.50 bits per heavy atom. The second-order valence-corrected chi connectivity index (χ2v) is 5.22. The maximum atomic E-state index is 5.22. The van der Waals surface area contributed by atoms with Gasteiger partial charge in [0.05, 0.1) is 11.6 Å². The lowest BCUT2D eigenvalue weighted by Crippen LogP contribution is -2.09. The van der Waals surface area contributed by atoms with Crippen molar-refractivity contribution in [2.24, 2.45) is 5.92 Å². The Labute approximate surface area is 106 Å². The van der Waals surface area contributed by atoms with Crippen molar-refractivity contribution in [3.63, 3.8) is 0 Å². The van der Waals surface area contributed by atoms with Crippen LogP contribution in [0, 0.1) is 5.92 Å². The molecule has 0 saturated carbocycles. The van der Waals surface area contributed by atoms with Crippen molar-refractivity contribution in [2.75, 3.05) is 20.2 Å². The highest BCUT2D eigenvalue weighted by Gasteiger charge is 2.14. The van der Waals surface area contributed by atoms with Gasteiger partial charge >= 0.3 is 0 Å². The van der Waals surface area contributed by atoms with Crippen LogP contribution in [-0.4, -0.2) is 20.2 Å². The number of benzene rings is 1. The maximum Gasteiger partial charge on any atom is 0.133 e. The molecule has 1 aliphatic heterocycles. The summed E-state index contributed by atoms with van der Waals surface area (Å²) in [6.07, 6.45) is 3.78. The average Bonchev–Trinajstić information content (AvgIpc) is 2.79. The average molecular weight is 284 g/mol. The number of ether oxygens (including phenoxy) is 1. The van der Waals surface area contributed by atoms with Crippen molar-refractivity contribution in [1.82, 2.24) is 5.32 Å². The second-order valence-electron chi connectivity index (χ2n) is 4.37. The molecule has 88 valence electrons. The SMILES string of the molecule is COc1ccc(CCC2CCNC2)cc1Br. The van der Waals surface area contributed by atoms with E-state index in [4.69, 9.17) is 4.74 Å². The summed E-state index contributed by atoms with van der Waals surface area (Å²) >= 11 is 3.52. The van der Waals surface area contributed by atoms with Crippen LogP contribution in [0.3, 0.4) is 0 Å². The van der Waals surface area contributed by atoms with E-state index in [0.29, 0.717) is 0 Å². The highest BCUT2D eigenvalue weighted by atomic mass is 79.9. The Balaban J connectivity index is 1.91. The molecule has 0 bridgehead atoms. The summed E-state index contributed by atoms with van der Waals surface area (Å²) in [6, 6.07) is 6.36. The molecule has 2 rings (SSSR count). The predicted octanol–water partition coefficient (Wildman–Crippen LogP) is 3.00. The van der Waals surface area contributed by atoms with Crippen LogP contribution in [0.1, 0.15) is 18.4 Å². The van der Waals surface area contributed by atoms with Crippen LogP contribution in [0.15, 0.2) is 22.7 Å². The summed E-state index contributed by atoms with van der Waals surface area (Å²) in [5.74, 6) is 1.77. The molecule has 0 radical (unpaired) electrons. The van der Waals surface area contributed by atoms with Crippen molar-refractivity contribution in [3.05, 3.63) is 28.2 Å². The first-order chi connectivity index (χ1) is 7.79. The third kappa shape index (κ3) is 2.98. The van der Waals surface area contributed by atoms with Crippen molar-refractivity contribution in [1.29, 1.82) is 0 Å². The van der Waals surface area contributed by atoms with Crippen LogP contribution in [0.25, 0.3) is 0 Å². The van der Waals surface area contributed by atoms with E-state index < -0.39 is 0 Å². The topological polar surface area (TPSA) is 21.3 Å². The van der Waals surface area contributed by atoms with Gasteiger partial charge in [-0.15, -0.1) is 0 Å². The van der Waals surface area contributed by atoms with Crippen molar-refractivity contribution >= 4 is 15.9 Å². The lowest BCUT2D eigenvalue weighted by atomic mass is 9.99. The molecule has 1 atom stereocenters. The number of methoxy groups -OCH3 is 1. The molecular weight excluding hydrogens is 266 g/mol. The molecule has 1 saturated heterocycles. The van der Waals surface area contributed by atoms with Gasteiger partial charge in [0.2, 0.25) is 0 Å². The third-order valence-corrected chi connectivity index (χ3v) is 3.84. The molecule has 1 heterocycles. The van der Waals surface area contributed by atoms with Gasteiger partial charge in [-0.2, -0.15) is 0 Å². The van der Waals surface area contributed by atoms with Crippen LogP contribution in [0.2, 0.25) is 0 Å². The number of aryl methyl sites for hydroxylation is 1. The second kappa shape index (κ2) is 5.69. The first-order valence-corrected chi connectivity index (χ1v) is 6.62. The number of halogens is 1. The standard InChI is InChI=1S/C13H18BrNO/c1-16-13-5-4-10(8-12(13)14)2-3-11-6-7-15-9-11/h4-5,8,11,15H,2-3,6-7,9H2,1H3. The Morgan fingerprint density at radius 2 is 2.38 bits per heavy atom. The molecule has 1 N–H and O–H groups in total. The fraction of sp³-hybridized carbons (Fsp3) is 0.538. The zero-order valence-corrected chi connectivity index (χ0v) is 11.2. The molecule has 1 unspecified atom stereocenters. The lowest BCUT2D eigenvalue weighted by Gasteiger charge is -2.09. The van der Waals surface area contributed by atoms with Crippen molar-refractivity contribution < 1.29 is 4.74 Å². The molecule has 1 aromatic carbocycles. The minimum atomic E-state index is 0.862. The molecule has 2 nitrogen and oxygen atoms in total. The summed E-state index contributed by atoms with van der Waals surface area (Å²) in [6.45, 7) is 2.38. The van der Waals surface area contributed by atoms with Gasteiger partial charge in [0.25, 0.3) is 0 Å². The van der Waals surface area contributed by atoms with Gasteiger partial charge in [-0.3, -0.25) is 0 Å². The molecule has 3 heteroatoms. The van der Waals surface area contributed by atoms with E-state index in [0.717, 1.165) is 22.6 Å². The summed E-state index contributed by atoms with van der Waals surface area (Å²) < 4.78 is 6.27.